The van der Waals surface area contributed by atoms with Gasteiger partial charge in [-0.05, 0) is 61.6 Å². The first-order valence-electron chi connectivity index (χ1n) is 9.27. The van der Waals surface area contributed by atoms with Gasteiger partial charge in [0.1, 0.15) is 0 Å². The molecule has 0 aliphatic heterocycles. The summed E-state index contributed by atoms with van der Waals surface area (Å²) >= 11 is 3.56. The van der Waals surface area contributed by atoms with E-state index in [9.17, 15) is 0 Å². The molecular formula is C26H19Br. The number of rotatable bonds is 2. The lowest BCUT2D eigenvalue weighted by Crippen LogP contribution is -2.04. The van der Waals surface area contributed by atoms with Crippen LogP contribution in [0.15, 0.2) is 89.9 Å². The third kappa shape index (κ3) is 2.49. The molecule has 1 aliphatic carbocycles. The lowest BCUT2D eigenvalue weighted by atomic mass is 9.82. The number of halogens is 1. The standard InChI is InChI=1S/C26H19Br/c1-17(16-27)19-15-14-18-8-2-3-9-20(18)25(19)26-23-12-6-4-10-21(23)22-11-5-7-13-24(22)26/h2-16,26H,1H3/b17-16+. The van der Waals surface area contributed by atoms with E-state index in [-0.39, 0.29) is 5.92 Å². The monoisotopic (exact) mass is 410 g/mol. The Morgan fingerprint density at radius 1 is 0.741 bits per heavy atom. The molecule has 0 saturated heterocycles. The number of benzene rings is 4. The minimum atomic E-state index is 0.251. The molecular weight excluding hydrogens is 392 g/mol. The second kappa shape index (κ2) is 6.51. The SMILES string of the molecule is C/C(=C\Br)c1ccc2ccccc2c1C1c2ccccc2-c2ccccc21. The number of hydrogen-bond donors (Lipinski definition) is 0. The molecule has 1 aliphatic rings. The van der Waals surface area contributed by atoms with Gasteiger partial charge < -0.3 is 0 Å². The average Bonchev–Trinajstić information content (AvgIpc) is 3.06. The second-order valence-corrected chi connectivity index (χ2v) is 7.61. The van der Waals surface area contributed by atoms with Gasteiger partial charge in [-0.3, -0.25) is 0 Å². The summed E-state index contributed by atoms with van der Waals surface area (Å²) in [5, 5.41) is 2.63. The van der Waals surface area contributed by atoms with Crippen molar-refractivity contribution < 1.29 is 0 Å². The molecule has 0 radical (unpaired) electrons. The van der Waals surface area contributed by atoms with Gasteiger partial charge in [-0.25, -0.2) is 0 Å². The van der Waals surface area contributed by atoms with Crippen LogP contribution in [0.4, 0.5) is 0 Å². The fraction of sp³-hybridized carbons (Fsp3) is 0.0769. The predicted octanol–water partition coefficient (Wildman–Crippen LogP) is 7.76. The van der Waals surface area contributed by atoms with E-state index in [1.807, 2.05) is 4.99 Å². The van der Waals surface area contributed by atoms with Crippen LogP contribution >= 0.6 is 15.9 Å². The van der Waals surface area contributed by atoms with Crippen LogP contribution in [0.1, 0.15) is 35.1 Å². The van der Waals surface area contributed by atoms with Crippen molar-refractivity contribution in [2.45, 2.75) is 12.8 Å². The van der Waals surface area contributed by atoms with Crippen LogP contribution in [0.2, 0.25) is 0 Å². The number of allylic oxidation sites excluding steroid dienone is 1. The van der Waals surface area contributed by atoms with Crippen molar-refractivity contribution in [2.75, 3.05) is 0 Å². The van der Waals surface area contributed by atoms with Gasteiger partial charge in [0.05, 0.1) is 0 Å². The Balaban J connectivity index is 1.92. The topological polar surface area (TPSA) is 0 Å². The van der Waals surface area contributed by atoms with Crippen molar-refractivity contribution in [3.8, 4) is 11.1 Å². The average molecular weight is 411 g/mol. The molecule has 0 amide bonds. The molecule has 0 bridgehead atoms. The maximum absolute atomic E-state index is 3.56. The molecule has 0 nitrogen and oxygen atoms in total. The highest BCUT2D eigenvalue weighted by Crippen LogP contribution is 2.50. The molecule has 5 rings (SSSR count). The molecule has 0 fully saturated rings. The predicted molar refractivity (Wildman–Crippen MR) is 119 cm³/mol. The molecule has 0 saturated carbocycles. The van der Waals surface area contributed by atoms with Crippen molar-refractivity contribution in [3.63, 3.8) is 0 Å². The van der Waals surface area contributed by atoms with Crippen LogP contribution in [0.5, 0.6) is 0 Å². The molecule has 4 aromatic carbocycles. The summed E-state index contributed by atoms with van der Waals surface area (Å²) in [4.78, 5) is 2.04. The van der Waals surface area contributed by atoms with Crippen LogP contribution in [-0.4, -0.2) is 0 Å². The lowest BCUT2D eigenvalue weighted by Gasteiger charge is -2.21. The molecule has 0 heterocycles. The van der Waals surface area contributed by atoms with E-state index >= 15 is 0 Å². The van der Waals surface area contributed by atoms with E-state index in [4.69, 9.17) is 0 Å². The van der Waals surface area contributed by atoms with Crippen molar-refractivity contribution in [2.24, 2.45) is 0 Å². The van der Waals surface area contributed by atoms with Gasteiger partial charge in [0.25, 0.3) is 0 Å². The zero-order chi connectivity index (χ0) is 18.4. The van der Waals surface area contributed by atoms with Crippen molar-refractivity contribution in [1.29, 1.82) is 0 Å². The van der Waals surface area contributed by atoms with Gasteiger partial charge in [-0.15, -0.1) is 0 Å². The van der Waals surface area contributed by atoms with E-state index in [0.29, 0.717) is 0 Å². The fourth-order valence-corrected chi connectivity index (χ4v) is 4.72. The largest absolute Gasteiger partial charge is 0.0619 e. The summed E-state index contributed by atoms with van der Waals surface area (Å²) in [5.74, 6) is 0.251. The zero-order valence-corrected chi connectivity index (χ0v) is 16.7. The van der Waals surface area contributed by atoms with Gasteiger partial charge in [-0.2, -0.15) is 0 Å². The Kier molecular flexibility index (Phi) is 3.98. The molecule has 0 aromatic heterocycles. The third-order valence-electron chi connectivity index (χ3n) is 5.68. The molecule has 4 aromatic rings. The fourth-order valence-electron chi connectivity index (χ4n) is 4.48. The Morgan fingerprint density at radius 3 is 2.00 bits per heavy atom. The summed E-state index contributed by atoms with van der Waals surface area (Å²) in [6, 6.07) is 31.0. The van der Waals surface area contributed by atoms with Crippen LogP contribution in [0, 0.1) is 0 Å². The highest BCUT2D eigenvalue weighted by molar-refractivity contribution is 9.11. The normalized spacial score (nSPS) is 13.6. The molecule has 0 atom stereocenters. The quantitative estimate of drug-likeness (QED) is 0.279. The summed E-state index contributed by atoms with van der Waals surface area (Å²) in [7, 11) is 0. The van der Waals surface area contributed by atoms with Gasteiger partial charge in [-0.1, -0.05) is 101 Å². The van der Waals surface area contributed by atoms with Crippen LogP contribution in [-0.2, 0) is 0 Å². The van der Waals surface area contributed by atoms with Crippen molar-refractivity contribution >= 4 is 32.3 Å². The Labute approximate surface area is 168 Å². The lowest BCUT2D eigenvalue weighted by molar-refractivity contribution is 1.02. The van der Waals surface area contributed by atoms with Crippen LogP contribution in [0.25, 0.3) is 27.5 Å². The summed E-state index contributed by atoms with van der Waals surface area (Å²) < 4.78 is 0. The van der Waals surface area contributed by atoms with Crippen molar-refractivity contribution in [1.82, 2.24) is 0 Å². The summed E-state index contributed by atoms with van der Waals surface area (Å²) in [5.41, 5.74) is 9.48. The minimum absolute atomic E-state index is 0.251. The number of hydrogen-bond acceptors (Lipinski definition) is 0. The molecule has 0 unspecified atom stereocenters. The zero-order valence-electron chi connectivity index (χ0n) is 15.1. The summed E-state index contributed by atoms with van der Waals surface area (Å²) in [6.07, 6.45) is 0. The first-order chi connectivity index (χ1) is 13.3. The van der Waals surface area contributed by atoms with E-state index < -0.39 is 0 Å². The minimum Gasteiger partial charge on any atom is -0.0619 e. The molecule has 130 valence electrons. The number of fused-ring (bicyclic) bond motifs is 4. The third-order valence-corrected chi connectivity index (χ3v) is 6.37. The van der Waals surface area contributed by atoms with Crippen LogP contribution < -0.4 is 0 Å². The van der Waals surface area contributed by atoms with Gasteiger partial charge in [0, 0.05) is 5.92 Å². The first kappa shape index (κ1) is 16.5. The first-order valence-corrected chi connectivity index (χ1v) is 10.2. The van der Waals surface area contributed by atoms with E-state index in [2.05, 4.69) is 108 Å². The Bertz CT molecular complexity index is 1150. The Morgan fingerprint density at radius 2 is 1.33 bits per heavy atom. The maximum Gasteiger partial charge on any atom is 0.0364 e. The van der Waals surface area contributed by atoms with Crippen LogP contribution in [0.3, 0.4) is 0 Å². The smallest absolute Gasteiger partial charge is 0.0364 e. The maximum atomic E-state index is 3.56. The molecule has 1 heteroatoms. The second-order valence-electron chi connectivity index (χ2n) is 7.15. The molecule has 0 spiro atoms. The van der Waals surface area contributed by atoms with Gasteiger partial charge >= 0.3 is 0 Å². The molecule has 0 N–H and O–H groups in total. The van der Waals surface area contributed by atoms with E-state index in [1.54, 1.807) is 0 Å². The van der Waals surface area contributed by atoms with Gasteiger partial charge in [0.15, 0.2) is 0 Å². The van der Waals surface area contributed by atoms with E-state index in [1.165, 1.54) is 49.7 Å². The van der Waals surface area contributed by atoms with E-state index in [0.717, 1.165) is 0 Å². The highest BCUT2D eigenvalue weighted by Gasteiger charge is 2.32. The molecule has 27 heavy (non-hydrogen) atoms. The Hall–Kier alpha value is -2.64. The summed E-state index contributed by atoms with van der Waals surface area (Å²) in [6.45, 7) is 2.18. The van der Waals surface area contributed by atoms with Gasteiger partial charge in [0.2, 0.25) is 0 Å². The van der Waals surface area contributed by atoms with Crippen molar-refractivity contribution in [3.05, 3.63) is 112 Å². The highest BCUT2D eigenvalue weighted by atomic mass is 79.9.